The van der Waals surface area contributed by atoms with Crippen LogP contribution >= 0.6 is 0 Å². The zero-order chi connectivity index (χ0) is 18.0. The molecular formula is C15H21N5O4S. The molecule has 3 rings (SSSR count). The number of sulfone groups is 1. The lowest BCUT2D eigenvalue weighted by Gasteiger charge is -2.33. The molecule has 2 aliphatic rings. The van der Waals surface area contributed by atoms with Crippen molar-refractivity contribution in [2.45, 2.75) is 19.4 Å². The molecule has 2 amide bonds. The van der Waals surface area contributed by atoms with Gasteiger partial charge in [-0.1, -0.05) is 0 Å². The van der Waals surface area contributed by atoms with Crippen molar-refractivity contribution in [3.8, 4) is 0 Å². The fourth-order valence-electron chi connectivity index (χ4n) is 3.02. The van der Waals surface area contributed by atoms with Gasteiger partial charge in [-0.3, -0.25) is 9.59 Å². The number of rotatable bonds is 3. The van der Waals surface area contributed by atoms with Gasteiger partial charge in [0.25, 0.3) is 5.91 Å². The second kappa shape index (κ2) is 6.95. The first kappa shape index (κ1) is 17.6. The highest BCUT2D eigenvalue weighted by Gasteiger charge is 2.28. The molecule has 25 heavy (non-hydrogen) atoms. The van der Waals surface area contributed by atoms with E-state index in [0.29, 0.717) is 38.4 Å². The van der Waals surface area contributed by atoms with Gasteiger partial charge in [0.15, 0.2) is 9.84 Å². The number of aromatic nitrogens is 2. The van der Waals surface area contributed by atoms with Crippen LogP contribution in [0.25, 0.3) is 0 Å². The fourth-order valence-corrected chi connectivity index (χ4v) is 4.69. The number of carbonyl (C=O) groups excluding carboxylic acids is 2. The van der Waals surface area contributed by atoms with Crippen molar-refractivity contribution < 1.29 is 18.0 Å². The summed E-state index contributed by atoms with van der Waals surface area (Å²) in [6.07, 6.45) is 3.39. The summed E-state index contributed by atoms with van der Waals surface area (Å²) >= 11 is 0. The lowest BCUT2D eigenvalue weighted by atomic mass is 10.2. The third-order valence-electron chi connectivity index (χ3n) is 4.47. The number of nitrogens with zero attached hydrogens (tertiary/aromatic N) is 4. The maximum Gasteiger partial charge on any atom is 0.274 e. The molecule has 2 aliphatic heterocycles. The van der Waals surface area contributed by atoms with Gasteiger partial charge in [0.05, 0.1) is 23.9 Å². The number of hydrogen-bond acceptors (Lipinski definition) is 7. The van der Waals surface area contributed by atoms with E-state index < -0.39 is 9.84 Å². The molecule has 136 valence electrons. The van der Waals surface area contributed by atoms with Gasteiger partial charge in [0, 0.05) is 39.1 Å². The van der Waals surface area contributed by atoms with Gasteiger partial charge in [0.1, 0.15) is 11.5 Å². The first-order valence-electron chi connectivity index (χ1n) is 8.18. The molecule has 9 nitrogen and oxygen atoms in total. The van der Waals surface area contributed by atoms with Gasteiger partial charge in [-0.15, -0.1) is 0 Å². The number of amides is 2. The normalized spacial score (nSPS) is 22.7. The number of hydrogen-bond donors (Lipinski definition) is 1. The van der Waals surface area contributed by atoms with Gasteiger partial charge in [-0.25, -0.2) is 18.4 Å². The Hall–Kier alpha value is -2.23. The van der Waals surface area contributed by atoms with Crippen molar-refractivity contribution in [1.29, 1.82) is 0 Å². The Balaban J connectivity index is 1.57. The molecule has 1 aromatic heterocycles. The highest BCUT2D eigenvalue weighted by atomic mass is 32.2. The summed E-state index contributed by atoms with van der Waals surface area (Å²) in [7, 11) is -2.96. The Labute approximate surface area is 146 Å². The van der Waals surface area contributed by atoms with Crippen LogP contribution in [0, 0.1) is 0 Å². The van der Waals surface area contributed by atoms with Crippen molar-refractivity contribution in [2.75, 3.05) is 43.0 Å². The number of nitrogens with one attached hydrogen (secondary N) is 1. The van der Waals surface area contributed by atoms with Crippen LogP contribution in [0.15, 0.2) is 12.4 Å². The third-order valence-corrected chi connectivity index (χ3v) is 6.24. The van der Waals surface area contributed by atoms with Gasteiger partial charge >= 0.3 is 0 Å². The van der Waals surface area contributed by atoms with Crippen LogP contribution in [0.2, 0.25) is 0 Å². The highest BCUT2D eigenvalue weighted by Crippen LogP contribution is 2.16. The van der Waals surface area contributed by atoms with Crippen LogP contribution in [-0.2, 0) is 14.6 Å². The van der Waals surface area contributed by atoms with E-state index >= 15 is 0 Å². The average molecular weight is 367 g/mol. The molecule has 0 aliphatic carbocycles. The maximum absolute atomic E-state index is 12.4. The molecule has 1 atom stereocenters. The van der Waals surface area contributed by atoms with Crippen molar-refractivity contribution >= 4 is 27.5 Å². The Kier molecular flexibility index (Phi) is 4.89. The Morgan fingerprint density at radius 1 is 1.12 bits per heavy atom. The van der Waals surface area contributed by atoms with E-state index in [2.05, 4.69) is 15.3 Å². The Morgan fingerprint density at radius 2 is 1.80 bits per heavy atom. The molecule has 0 radical (unpaired) electrons. The molecular weight excluding hydrogens is 346 g/mol. The third kappa shape index (κ3) is 4.25. The van der Waals surface area contributed by atoms with E-state index in [1.807, 2.05) is 0 Å². The summed E-state index contributed by atoms with van der Waals surface area (Å²) in [4.78, 5) is 35.4. The van der Waals surface area contributed by atoms with Crippen molar-refractivity contribution in [2.24, 2.45) is 0 Å². The summed E-state index contributed by atoms with van der Waals surface area (Å²) in [6, 6.07) is -0.166. The number of anilines is 1. The quantitative estimate of drug-likeness (QED) is 0.757. The Bertz CT molecular complexity index is 757. The van der Waals surface area contributed by atoms with Crippen LogP contribution in [-0.4, -0.2) is 83.7 Å². The monoisotopic (exact) mass is 367 g/mol. The first-order chi connectivity index (χ1) is 11.8. The Morgan fingerprint density at radius 3 is 2.32 bits per heavy atom. The van der Waals surface area contributed by atoms with Crippen molar-refractivity contribution in [1.82, 2.24) is 19.8 Å². The second-order valence-electron chi connectivity index (χ2n) is 6.33. The molecule has 0 saturated carbocycles. The van der Waals surface area contributed by atoms with Crippen LogP contribution in [0.3, 0.4) is 0 Å². The maximum atomic E-state index is 12.4. The SMILES string of the molecule is CC(=O)N1CCN(C(=O)c2cnc(NC3CCS(=O)(=O)C3)cn2)CC1. The number of carbonyl (C=O) groups is 2. The average Bonchev–Trinajstić information content (AvgIpc) is 2.93. The predicted octanol–water partition coefficient (Wildman–Crippen LogP) is -0.620. The zero-order valence-electron chi connectivity index (χ0n) is 14.0. The molecule has 2 saturated heterocycles. The van der Waals surface area contributed by atoms with E-state index in [-0.39, 0.29) is 35.1 Å². The van der Waals surface area contributed by atoms with E-state index in [1.54, 1.807) is 9.80 Å². The smallest absolute Gasteiger partial charge is 0.274 e. The minimum absolute atomic E-state index is 0.0104. The van der Waals surface area contributed by atoms with Gasteiger partial charge < -0.3 is 15.1 Å². The minimum atomic E-state index is -2.96. The molecule has 0 aromatic carbocycles. The van der Waals surface area contributed by atoms with Crippen molar-refractivity contribution in [3.63, 3.8) is 0 Å². The van der Waals surface area contributed by atoms with Gasteiger partial charge in [-0.2, -0.15) is 0 Å². The van der Waals surface area contributed by atoms with E-state index in [4.69, 9.17) is 0 Å². The topological polar surface area (TPSA) is 113 Å². The minimum Gasteiger partial charge on any atom is -0.365 e. The van der Waals surface area contributed by atoms with Crippen LogP contribution in [0.1, 0.15) is 23.8 Å². The van der Waals surface area contributed by atoms with Crippen LogP contribution < -0.4 is 5.32 Å². The lowest BCUT2D eigenvalue weighted by molar-refractivity contribution is -0.130. The van der Waals surface area contributed by atoms with Crippen LogP contribution in [0.5, 0.6) is 0 Å². The van der Waals surface area contributed by atoms with Crippen molar-refractivity contribution in [3.05, 3.63) is 18.1 Å². The fraction of sp³-hybridized carbons (Fsp3) is 0.600. The number of piperazine rings is 1. The standard InChI is InChI=1S/C15H21N5O4S/c1-11(21)19-3-5-20(6-4-19)15(22)13-8-17-14(9-16-13)18-12-2-7-25(23,24)10-12/h8-9,12H,2-7,10H2,1H3,(H,17,18). The van der Waals surface area contributed by atoms with E-state index in [9.17, 15) is 18.0 Å². The molecule has 1 unspecified atom stereocenters. The van der Waals surface area contributed by atoms with Gasteiger partial charge in [-0.05, 0) is 6.42 Å². The second-order valence-corrected chi connectivity index (χ2v) is 8.56. The molecule has 10 heteroatoms. The summed E-state index contributed by atoms with van der Waals surface area (Å²) in [5.74, 6) is 0.526. The van der Waals surface area contributed by atoms with E-state index in [0.717, 1.165) is 0 Å². The van der Waals surface area contributed by atoms with Gasteiger partial charge in [0.2, 0.25) is 5.91 Å². The highest BCUT2D eigenvalue weighted by molar-refractivity contribution is 7.91. The summed E-state index contributed by atoms with van der Waals surface area (Å²) in [5.41, 5.74) is 0.237. The largest absolute Gasteiger partial charge is 0.365 e. The summed E-state index contributed by atoms with van der Waals surface area (Å²) in [6.45, 7) is 3.50. The molecule has 0 bridgehead atoms. The van der Waals surface area contributed by atoms with Crippen LogP contribution in [0.4, 0.5) is 5.82 Å². The van der Waals surface area contributed by atoms with E-state index in [1.165, 1.54) is 19.3 Å². The molecule has 1 aromatic rings. The lowest BCUT2D eigenvalue weighted by Crippen LogP contribution is -2.50. The first-order valence-corrected chi connectivity index (χ1v) is 10.00. The molecule has 1 N–H and O–H groups in total. The summed E-state index contributed by atoms with van der Waals surface area (Å²) in [5, 5.41) is 3.04. The molecule has 3 heterocycles. The molecule has 0 spiro atoms. The molecule has 2 fully saturated rings. The predicted molar refractivity (Wildman–Crippen MR) is 90.9 cm³/mol. The summed E-state index contributed by atoms with van der Waals surface area (Å²) < 4.78 is 22.9. The zero-order valence-corrected chi connectivity index (χ0v) is 14.8.